The fourth-order valence-electron chi connectivity index (χ4n) is 2.23. The molecule has 1 N–H and O–H groups in total. The summed E-state index contributed by atoms with van der Waals surface area (Å²) in [5, 5.41) is 11.3. The fourth-order valence-corrected chi connectivity index (χ4v) is 2.23. The normalized spacial score (nSPS) is 12.9. The first kappa shape index (κ1) is 12.4. The monoisotopic (exact) mass is 266 g/mol. The summed E-state index contributed by atoms with van der Waals surface area (Å²) in [7, 11) is 0. The van der Waals surface area contributed by atoms with Gasteiger partial charge in [0.15, 0.2) is 0 Å². The van der Waals surface area contributed by atoms with Gasteiger partial charge in [0.05, 0.1) is 12.7 Å². The number of benzene rings is 1. The molecule has 0 saturated heterocycles. The minimum atomic E-state index is 0.204. The molecule has 1 aromatic carbocycles. The molecule has 0 amide bonds. The predicted octanol–water partition coefficient (Wildman–Crippen LogP) is 2.40. The third-order valence-electron chi connectivity index (χ3n) is 3.22. The molecule has 0 atom stereocenters. The molecule has 100 valence electrons. The van der Waals surface area contributed by atoms with Crippen LogP contribution in [0.25, 0.3) is 11.1 Å². The first-order valence-corrected chi connectivity index (χ1v) is 6.56. The molecule has 0 unspecified atom stereocenters. The van der Waals surface area contributed by atoms with E-state index in [9.17, 15) is 0 Å². The Kier molecular flexibility index (Phi) is 3.46. The fraction of sp³-hybridized carbons (Fsp3) is 0.267. The number of fused-ring (bicyclic) bond motifs is 1. The lowest BCUT2D eigenvalue weighted by molar-refractivity contribution is 0.288. The summed E-state index contributed by atoms with van der Waals surface area (Å²) < 4.78 is 5.61. The van der Waals surface area contributed by atoms with Gasteiger partial charge in [-0.1, -0.05) is 6.07 Å². The maximum atomic E-state index is 8.49. The van der Waals surface area contributed by atoms with Gasteiger partial charge in [0.25, 0.3) is 0 Å². The molecule has 0 bridgehead atoms. The molecule has 2 aromatic rings. The van der Waals surface area contributed by atoms with Gasteiger partial charge >= 0.3 is 0 Å². The van der Waals surface area contributed by atoms with Crippen molar-refractivity contribution in [3.8, 4) is 22.9 Å². The second kappa shape index (κ2) is 5.57. The highest BCUT2D eigenvalue weighted by atomic mass is 16.5. The Morgan fingerprint density at radius 1 is 1.25 bits per heavy atom. The molecule has 5 nitrogen and oxygen atoms in total. The number of aryl methyl sites for hydroxylation is 1. The van der Waals surface area contributed by atoms with E-state index in [2.05, 4.69) is 21.4 Å². The van der Waals surface area contributed by atoms with Crippen molar-refractivity contribution in [2.24, 2.45) is 0 Å². The number of nitriles is 1. The van der Waals surface area contributed by atoms with Crippen LogP contribution in [0.2, 0.25) is 0 Å². The largest absolute Gasteiger partial charge is 0.493 e. The number of aromatic nitrogens is 2. The lowest BCUT2D eigenvalue weighted by atomic mass is 10.0. The van der Waals surface area contributed by atoms with Crippen molar-refractivity contribution in [3.63, 3.8) is 0 Å². The summed E-state index contributed by atoms with van der Waals surface area (Å²) in [5.74, 6) is 1.45. The molecule has 0 saturated carbocycles. The molecule has 5 heteroatoms. The zero-order valence-electron chi connectivity index (χ0n) is 11.0. The average Bonchev–Trinajstić information content (AvgIpc) is 2.53. The Balaban J connectivity index is 1.84. The maximum Gasteiger partial charge on any atom is 0.223 e. The van der Waals surface area contributed by atoms with Gasteiger partial charge in [-0.3, -0.25) is 0 Å². The smallest absolute Gasteiger partial charge is 0.223 e. The predicted molar refractivity (Wildman–Crippen MR) is 75.4 cm³/mol. The Morgan fingerprint density at radius 3 is 2.90 bits per heavy atom. The number of ether oxygens (including phenoxy) is 1. The molecule has 0 fully saturated rings. The lowest BCUT2D eigenvalue weighted by Gasteiger charge is -2.17. The third kappa shape index (κ3) is 2.54. The van der Waals surface area contributed by atoms with Crippen molar-refractivity contribution in [2.75, 3.05) is 18.5 Å². The minimum Gasteiger partial charge on any atom is -0.493 e. The molecule has 0 aliphatic carbocycles. The number of hydrogen-bond donors (Lipinski definition) is 1. The second-order valence-corrected chi connectivity index (χ2v) is 4.58. The SMILES string of the molecule is N#CCNc1ncc(-c2ccc3c(c2)CCCO3)cn1. The van der Waals surface area contributed by atoms with Crippen LogP contribution in [0, 0.1) is 11.3 Å². The van der Waals surface area contributed by atoms with E-state index in [4.69, 9.17) is 10.00 Å². The van der Waals surface area contributed by atoms with Crippen LogP contribution in [-0.4, -0.2) is 23.1 Å². The lowest BCUT2D eigenvalue weighted by Crippen LogP contribution is -2.08. The van der Waals surface area contributed by atoms with Gasteiger partial charge in [0.1, 0.15) is 12.3 Å². The van der Waals surface area contributed by atoms with Crippen LogP contribution >= 0.6 is 0 Å². The Bertz CT molecular complexity index is 646. The molecule has 3 rings (SSSR count). The number of rotatable bonds is 3. The van der Waals surface area contributed by atoms with Gasteiger partial charge in [0.2, 0.25) is 5.95 Å². The van der Waals surface area contributed by atoms with Crippen LogP contribution in [-0.2, 0) is 6.42 Å². The van der Waals surface area contributed by atoms with Crippen LogP contribution in [0.1, 0.15) is 12.0 Å². The van der Waals surface area contributed by atoms with Gasteiger partial charge in [-0.15, -0.1) is 0 Å². The second-order valence-electron chi connectivity index (χ2n) is 4.58. The van der Waals surface area contributed by atoms with Crippen LogP contribution in [0.15, 0.2) is 30.6 Å². The van der Waals surface area contributed by atoms with E-state index in [0.29, 0.717) is 5.95 Å². The van der Waals surface area contributed by atoms with E-state index in [0.717, 1.165) is 36.3 Å². The van der Waals surface area contributed by atoms with Crippen molar-refractivity contribution in [1.82, 2.24) is 9.97 Å². The van der Waals surface area contributed by atoms with Gasteiger partial charge in [0, 0.05) is 18.0 Å². The standard InChI is InChI=1S/C15H14N4O/c16-5-6-17-15-18-9-13(10-19-15)11-3-4-14-12(8-11)2-1-7-20-14/h3-4,8-10H,1-2,6-7H2,(H,17,18,19). The molecule has 1 aliphatic rings. The van der Waals surface area contributed by atoms with E-state index in [1.54, 1.807) is 12.4 Å². The summed E-state index contributed by atoms with van der Waals surface area (Å²) in [5.41, 5.74) is 3.28. The summed E-state index contributed by atoms with van der Waals surface area (Å²) >= 11 is 0. The van der Waals surface area contributed by atoms with Gasteiger partial charge in [-0.2, -0.15) is 5.26 Å². The average molecular weight is 266 g/mol. The van der Waals surface area contributed by atoms with E-state index in [1.807, 2.05) is 18.2 Å². The summed E-state index contributed by atoms with van der Waals surface area (Å²) in [6.07, 6.45) is 5.63. The van der Waals surface area contributed by atoms with Crippen molar-refractivity contribution in [1.29, 1.82) is 5.26 Å². The Labute approximate surface area is 117 Å². The maximum absolute atomic E-state index is 8.49. The molecule has 0 radical (unpaired) electrons. The van der Waals surface area contributed by atoms with E-state index in [-0.39, 0.29) is 6.54 Å². The van der Waals surface area contributed by atoms with Crippen LogP contribution in [0.5, 0.6) is 5.75 Å². The first-order chi connectivity index (χ1) is 9.86. The number of nitrogens with zero attached hydrogens (tertiary/aromatic N) is 3. The molecule has 20 heavy (non-hydrogen) atoms. The van der Waals surface area contributed by atoms with E-state index in [1.165, 1.54) is 5.56 Å². The van der Waals surface area contributed by atoms with Crippen molar-refractivity contribution in [3.05, 3.63) is 36.2 Å². The number of nitrogens with one attached hydrogen (secondary N) is 1. The number of hydrogen-bond acceptors (Lipinski definition) is 5. The van der Waals surface area contributed by atoms with E-state index < -0.39 is 0 Å². The minimum absolute atomic E-state index is 0.204. The van der Waals surface area contributed by atoms with Gasteiger partial charge < -0.3 is 10.1 Å². The Hall–Kier alpha value is -2.61. The highest BCUT2D eigenvalue weighted by Gasteiger charge is 2.11. The van der Waals surface area contributed by atoms with Crippen molar-refractivity contribution in [2.45, 2.75) is 12.8 Å². The highest BCUT2D eigenvalue weighted by Crippen LogP contribution is 2.29. The van der Waals surface area contributed by atoms with Crippen LogP contribution < -0.4 is 10.1 Å². The quantitative estimate of drug-likeness (QED) is 0.864. The van der Waals surface area contributed by atoms with Gasteiger partial charge in [-0.25, -0.2) is 9.97 Å². The summed E-state index contributed by atoms with van der Waals surface area (Å²) in [6, 6.07) is 8.15. The molecule has 0 spiro atoms. The zero-order valence-corrected chi connectivity index (χ0v) is 11.0. The molecule has 1 aliphatic heterocycles. The van der Waals surface area contributed by atoms with Crippen LogP contribution in [0.3, 0.4) is 0 Å². The summed E-state index contributed by atoms with van der Waals surface area (Å²) in [6.45, 7) is 1.00. The topological polar surface area (TPSA) is 70.8 Å². The number of anilines is 1. The zero-order chi connectivity index (χ0) is 13.8. The van der Waals surface area contributed by atoms with Crippen LogP contribution in [0.4, 0.5) is 5.95 Å². The van der Waals surface area contributed by atoms with Crippen molar-refractivity contribution >= 4 is 5.95 Å². The summed E-state index contributed by atoms with van der Waals surface area (Å²) in [4.78, 5) is 8.40. The van der Waals surface area contributed by atoms with E-state index >= 15 is 0 Å². The highest BCUT2D eigenvalue weighted by molar-refractivity contribution is 5.64. The molecular formula is C15H14N4O. The first-order valence-electron chi connectivity index (χ1n) is 6.56. The third-order valence-corrected chi connectivity index (χ3v) is 3.22. The Morgan fingerprint density at radius 2 is 2.10 bits per heavy atom. The molecule has 2 heterocycles. The molecule has 1 aromatic heterocycles. The van der Waals surface area contributed by atoms with Gasteiger partial charge in [-0.05, 0) is 36.1 Å². The van der Waals surface area contributed by atoms with Crippen molar-refractivity contribution < 1.29 is 4.74 Å². The molecular weight excluding hydrogens is 252 g/mol.